The molecule has 3 rings (SSSR count). The quantitative estimate of drug-likeness (QED) is 0.885. The molecule has 6 heteroatoms. The number of thiophene rings is 1. The minimum absolute atomic E-state index is 0.266. The van der Waals surface area contributed by atoms with Crippen molar-refractivity contribution in [2.24, 2.45) is 5.92 Å². The predicted molar refractivity (Wildman–Crippen MR) is 77.2 cm³/mol. The highest BCUT2D eigenvalue weighted by Crippen LogP contribution is 2.32. The van der Waals surface area contributed by atoms with Gasteiger partial charge in [0.1, 0.15) is 16.5 Å². The number of nitrogen functional groups attached to an aromatic ring is 1. The average Bonchev–Trinajstić information content (AvgIpc) is 2.59. The van der Waals surface area contributed by atoms with Crippen molar-refractivity contribution >= 4 is 27.4 Å². The summed E-state index contributed by atoms with van der Waals surface area (Å²) in [6, 6.07) is 0. The summed E-state index contributed by atoms with van der Waals surface area (Å²) in [5.74, 6) is 1.77. The fourth-order valence-electron chi connectivity index (χ4n) is 2.52. The van der Waals surface area contributed by atoms with E-state index in [2.05, 4.69) is 28.7 Å². The molecule has 0 aromatic carbocycles. The molecule has 2 aromatic heterocycles. The Morgan fingerprint density at radius 3 is 2.79 bits per heavy atom. The number of anilines is 1. The van der Waals surface area contributed by atoms with Crippen molar-refractivity contribution in [3.8, 4) is 0 Å². The van der Waals surface area contributed by atoms with Crippen LogP contribution in [-0.4, -0.2) is 39.7 Å². The van der Waals surface area contributed by atoms with Crippen molar-refractivity contribution in [3.63, 3.8) is 0 Å². The van der Waals surface area contributed by atoms with E-state index >= 15 is 0 Å². The van der Waals surface area contributed by atoms with Gasteiger partial charge < -0.3 is 10.8 Å². The summed E-state index contributed by atoms with van der Waals surface area (Å²) in [7, 11) is 0. The van der Waals surface area contributed by atoms with Crippen LogP contribution in [0.5, 0.6) is 0 Å². The standard InChI is InChI=1S/C13H18N4OS/c1-7-8(2)19-13-11(7)12(14)15-10(16-13)5-17-3-9(4-17)6-18/h9,18H,3-6H2,1-2H3,(H2,14,15,16). The van der Waals surface area contributed by atoms with E-state index in [9.17, 15) is 0 Å². The molecular formula is C13H18N4OS. The van der Waals surface area contributed by atoms with E-state index in [1.165, 1.54) is 10.4 Å². The molecule has 3 N–H and O–H groups in total. The number of aromatic nitrogens is 2. The molecule has 1 saturated heterocycles. The first-order chi connectivity index (χ1) is 9.08. The van der Waals surface area contributed by atoms with Gasteiger partial charge in [-0.3, -0.25) is 4.90 Å². The smallest absolute Gasteiger partial charge is 0.146 e. The van der Waals surface area contributed by atoms with Gasteiger partial charge in [0.15, 0.2) is 0 Å². The Morgan fingerprint density at radius 2 is 2.11 bits per heavy atom. The predicted octanol–water partition coefficient (Wildman–Crippen LogP) is 1.31. The van der Waals surface area contributed by atoms with Gasteiger partial charge in [-0.1, -0.05) is 0 Å². The molecule has 0 saturated carbocycles. The number of fused-ring (bicyclic) bond motifs is 1. The third kappa shape index (κ3) is 2.20. The van der Waals surface area contributed by atoms with Crippen LogP contribution in [0.4, 0.5) is 5.82 Å². The van der Waals surface area contributed by atoms with Gasteiger partial charge in [-0.05, 0) is 19.4 Å². The number of likely N-dealkylation sites (tertiary alicyclic amines) is 1. The van der Waals surface area contributed by atoms with Crippen LogP contribution in [0.3, 0.4) is 0 Å². The van der Waals surface area contributed by atoms with Crippen LogP contribution in [-0.2, 0) is 6.54 Å². The lowest BCUT2D eigenvalue weighted by Crippen LogP contribution is -2.47. The summed E-state index contributed by atoms with van der Waals surface area (Å²) in [5.41, 5.74) is 7.25. The lowest BCUT2D eigenvalue weighted by atomic mass is 10.0. The Hall–Kier alpha value is -1.24. The lowest BCUT2D eigenvalue weighted by Gasteiger charge is -2.37. The fourth-order valence-corrected chi connectivity index (χ4v) is 3.57. The van der Waals surface area contributed by atoms with Crippen LogP contribution in [0.25, 0.3) is 10.2 Å². The van der Waals surface area contributed by atoms with Gasteiger partial charge in [-0.25, -0.2) is 9.97 Å². The molecule has 0 atom stereocenters. The zero-order valence-electron chi connectivity index (χ0n) is 11.2. The first-order valence-electron chi connectivity index (χ1n) is 6.43. The topological polar surface area (TPSA) is 75.3 Å². The van der Waals surface area contributed by atoms with Crippen molar-refractivity contribution in [2.45, 2.75) is 20.4 Å². The van der Waals surface area contributed by atoms with E-state index in [0.717, 1.165) is 29.1 Å². The first kappa shape index (κ1) is 12.8. The van der Waals surface area contributed by atoms with E-state index in [-0.39, 0.29) is 6.61 Å². The van der Waals surface area contributed by atoms with E-state index in [0.29, 0.717) is 18.3 Å². The van der Waals surface area contributed by atoms with Crippen molar-refractivity contribution in [1.82, 2.24) is 14.9 Å². The van der Waals surface area contributed by atoms with Gasteiger partial charge in [-0.2, -0.15) is 0 Å². The maximum Gasteiger partial charge on any atom is 0.146 e. The summed E-state index contributed by atoms with van der Waals surface area (Å²) in [6.45, 7) is 6.96. The molecule has 102 valence electrons. The highest BCUT2D eigenvalue weighted by atomic mass is 32.1. The second-order valence-electron chi connectivity index (χ2n) is 5.23. The molecule has 1 aliphatic heterocycles. The van der Waals surface area contributed by atoms with Crippen LogP contribution in [0.15, 0.2) is 0 Å². The molecule has 0 bridgehead atoms. The number of aliphatic hydroxyl groups is 1. The highest BCUT2D eigenvalue weighted by Gasteiger charge is 2.26. The van der Waals surface area contributed by atoms with E-state index in [1.807, 2.05) is 0 Å². The molecule has 0 amide bonds. The Bertz CT molecular complexity index is 619. The zero-order valence-corrected chi connectivity index (χ0v) is 12.0. The van der Waals surface area contributed by atoms with Crippen molar-refractivity contribution in [1.29, 1.82) is 0 Å². The van der Waals surface area contributed by atoms with E-state index in [4.69, 9.17) is 10.8 Å². The van der Waals surface area contributed by atoms with Crippen molar-refractivity contribution in [2.75, 3.05) is 25.4 Å². The van der Waals surface area contributed by atoms with Gasteiger partial charge in [-0.15, -0.1) is 11.3 Å². The highest BCUT2D eigenvalue weighted by molar-refractivity contribution is 7.18. The fraction of sp³-hybridized carbons (Fsp3) is 0.538. The number of nitrogens with two attached hydrogens (primary N) is 1. The van der Waals surface area contributed by atoms with Crippen molar-refractivity contribution < 1.29 is 5.11 Å². The molecule has 5 nitrogen and oxygen atoms in total. The Kier molecular flexibility index (Phi) is 3.16. The second kappa shape index (κ2) is 4.70. The molecule has 1 aliphatic rings. The number of aliphatic hydroxyl groups excluding tert-OH is 1. The van der Waals surface area contributed by atoms with Crippen LogP contribution >= 0.6 is 11.3 Å². The minimum atomic E-state index is 0.266. The van der Waals surface area contributed by atoms with Gasteiger partial charge in [0.25, 0.3) is 0 Å². The Balaban J connectivity index is 1.85. The van der Waals surface area contributed by atoms with Crippen LogP contribution < -0.4 is 5.73 Å². The lowest BCUT2D eigenvalue weighted by molar-refractivity contribution is 0.0461. The van der Waals surface area contributed by atoms with Crippen LogP contribution in [0, 0.1) is 19.8 Å². The molecule has 0 unspecified atom stereocenters. The third-order valence-electron chi connectivity index (χ3n) is 3.76. The summed E-state index contributed by atoms with van der Waals surface area (Å²) in [6.07, 6.45) is 0. The molecule has 2 aromatic rings. The number of hydrogen-bond acceptors (Lipinski definition) is 6. The maximum absolute atomic E-state index is 9.01. The van der Waals surface area contributed by atoms with E-state index in [1.54, 1.807) is 11.3 Å². The SMILES string of the molecule is Cc1sc2nc(CN3CC(CO)C3)nc(N)c2c1C. The van der Waals surface area contributed by atoms with Crippen molar-refractivity contribution in [3.05, 3.63) is 16.3 Å². The maximum atomic E-state index is 9.01. The van der Waals surface area contributed by atoms with Gasteiger partial charge >= 0.3 is 0 Å². The summed E-state index contributed by atoms with van der Waals surface area (Å²) in [5, 5.41) is 10.0. The molecular weight excluding hydrogens is 260 g/mol. The third-order valence-corrected chi connectivity index (χ3v) is 4.86. The van der Waals surface area contributed by atoms with Crippen LogP contribution in [0.1, 0.15) is 16.3 Å². The minimum Gasteiger partial charge on any atom is -0.396 e. The Labute approximate surface area is 116 Å². The Morgan fingerprint density at radius 1 is 1.37 bits per heavy atom. The monoisotopic (exact) mass is 278 g/mol. The number of nitrogens with zero attached hydrogens (tertiary/aromatic N) is 3. The average molecular weight is 278 g/mol. The second-order valence-corrected chi connectivity index (χ2v) is 6.43. The van der Waals surface area contributed by atoms with E-state index < -0.39 is 0 Å². The molecule has 3 heterocycles. The van der Waals surface area contributed by atoms with Gasteiger partial charge in [0.05, 0.1) is 11.9 Å². The van der Waals surface area contributed by atoms with Crippen LogP contribution in [0.2, 0.25) is 0 Å². The summed E-state index contributed by atoms with van der Waals surface area (Å²) >= 11 is 1.68. The largest absolute Gasteiger partial charge is 0.396 e. The van der Waals surface area contributed by atoms with Gasteiger partial charge in [0.2, 0.25) is 0 Å². The zero-order chi connectivity index (χ0) is 13.6. The molecule has 0 radical (unpaired) electrons. The number of rotatable bonds is 3. The first-order valence-corrected chi connectivity index (χ1v) is 7.25. The normalized spacial score (nSPS) is 17.0. The molecule has 19 heavy (non-hydrogen) atoms. The van der Waals surface area contributed by atoms with Gasteiger partial charge in [0, 0.05) is 30.5 Å². The number of hydrogen-bond donors (Lipinski definition) is 2. The number of aryl methyl sites for hydroxylation is 2. The molecule has 0 spiro atoms. The summed E-state index contributed by atoms with van der Waals surface area (Å²) < 4.78 is 0. The molecule has 1 fully saturated rings. The molecule has 0 aliphatic carbocycles. The summed E-state index contributed by atoms with van der Waals surface area (Å²) in [4.78, 5) is 13.5.